The van der Waals surface area contributed by atoms with Gasteiger partial charge in [0.05, 0.1) is 5.41 Å². The number of rotatable bonds is 3. The van der Waals surface area contributed by atoms with E-state index in [0.29, 0.717) is 0 Å². The summed E-state index contributed by atoms with van der Waals surface area (Å²) in [6, 6.07) is 0. The fourth-order valence-corrected chi connectivity index (χ4v) is 0.683. The molecule has 0 amide bonds. The van der Waals surface area contributed by atoms with Crippen molar-refractivity contribution in [3.8, 4) is 0 Å². The summed E-state index contributed by atoms with van der Waals surface area (Å²) in [4.78, 5) is 20.9. The third-order valence-corrected chi connectivity index (χ3v) is 3.49. The molecule has 0 aliphatic heterocycles. The summed E-state index contributed by atoms with van der Waals surface area (Å²) in [5.74, 6) is -2.20. The van der Waals surface area contributed by atoms with Gasteiger partial charge in [-0.1, -0.05) is 22.6 Å². The van der Waals surface area contributed by atoms with Crippen molar-refractivity contribution in [1.29, 1.82) is 0 Å². The summed E-state index contributed by atoms with van der Waals surface area (Å²) in [6.45, 7) is 2.78. The van der Waals surface area contributed by atoms with Gasteiger partial charge in [-0.3, -0.25) is 9.59 Å². The molecule has 0 heterocycles. The molecular formula is C6H9IO4. The van der Waals surface area contributed by atoms with Crippen LogP contribution in [-0.2, 0) is 9.59 Å². The Bertz CT molecular complexity index is 187. The number of halogens is 1. The van der Waals surface area contributed by atoms with Crippen molar-refractivity contribution in [2.75, 3.05) is 0 Å². The Morgan fingerprint density at radius 2 is 1.73 bits per heavy atom. The highest BCUT2D eigenvalue weighted by atomic mass is 127. The Labute approximate surface area is 77.7 Å². The first-order valence-electron chi connectivity index (χ1n) is 2.90. The second-order valence-electron chi connectivity index (χ2n) is 2.73. The van der Waals surface area contributed by atoms with Gasteiger partial charge in [0.15, 0.2) is 0 Å². The number of hydrogen-bond acceptors (Lipinski definition) is 2. The van der Waals surface area contributed by atoms with Crippen molar-refractivity contribution >= 4 is 34.5 Å². The number of carbonyl (C=O) groups is 2. The van der Waals surface area contributed by atoms with Gasteiger partial charge >= 0.3 is 11.9 Å². The maximum absolute atomic E-state index is 10.5. The van der Waals surface area contributed by atoms with Crippen LogP contribution >= 0.6 is 22.6 Å². The Balaban J connectivity index is 4.55. The van der Waals surface area contributed by atoms with Crippen molar-refractivity contribution in [3.63, 3.8) is 0 Å². The average molecular weight is 272 g/mol. The largest absolute Gasteiger partial charge is 0.481 e. The Hall–Kier alpha value is -0.330. The van der Waals surface area contributed by atoms with Crippen molar-refractivity contribution in [1.82, 2.24) is 0 Å². The van der Waals surface area contributed by atoms with Crippen LogP contribution in [0.3, 0.4) is 0 Å². The fraction of sp³-hybridized carbons (Fsp3) is 0.667. The lowest BCUT2D eigenvalue weighted by molar-refractivity contribution is -0.152. The minimum atomic E-state index is -1.22. The molecule has 0 aromatic heterocycles. The minimum absolute atomic E-state index is 0.905. The van der Waals surface area contributed by atoms with Gasteiger partial charge in [-0.05, 0) is 13.8 Å². The molecule has 64 valence electrons. The van der Waals surface area contributed by atoms with Gasteiger partial charge in [-0.25, -0.2) is 0 Å². The summed E-state index contributed by atoms with van der Waals surface area (Å²) < 4.78 is -0.905. The second-order valence-corrected chi connectivity index (χ2v) is 3.97. The molecule has 0 saturated carbocycles. The van der Waals surface area contributed by atoms with Crippen LogP contribution in [0.2, 0.25) is 0 Å². The molecule has 1 unspecified atom stereocenters. The zero-order valence-corrected chi connectivity index (χ0v) is 8.32. The first-order valence-corrected chi connectivity index (χ1v) is 4.15. The van der Waals surface area contributed by atoms with E-state index in [1.54, 1.807) is 22.6 Å². The quantitative estimate of drug-likeness (QED) is 0.593. The van der Waals surface area contributed by atoms with E-state index in [9.17, 15) is 9.59 Å². The topological polar surface area (TPSA) is 74.6 Å². The molecule has 5 heteroatoms. The van der Waals surface area contributed by atoms with Crippen LogP contribution in [0.1, 0.15) is 13.8 Å². The van der Waals surface area contributed by atoms with Crippen LogP contribution in [0.4, 0.5) is 0 Å². The molecular weight excluding hydrogens is 263 g/mol. The van der Waals surface area contributed by atoms with E-state index in [2.05, 4.69) is 0 Å². The maximum Gasteiger partial charge on any atom is 0.317 e. The minimum Gasteiger partial charge on any atom is -0.481 e. The lowest BCUT2D eigenvalue weighted by atomic mass is 9.90. The van der Waals surface area contributed by atoms with Crippen molar-refractivity contribution in [2.45, 2.75) is 17.8 Å². The van der Waals surface area contributed by atoms with E-state index in [1.165, 1.54) is 13.8 Å². The van der Waals surface area contributed by atoms with Crippen LogP contribution in [0.5, 0.6) is 0 Å². The van der Waals surface area contributed by atoms with Gasteiger partial charge in [0.2, 0.25) is 0 Å². The SMILES string of the molecule is CC(C)(C(=O)O)C(I)C(=O)O. The molecule has 4 nitrogen and oxygen atoms in total. The predicted molar refractivity (Wildman–Crippen MR) is 46.9 cm³/mol. The van der Waals surface area contributed by atoms with Gasteiger partial charge in [-0.15, -0.1) is 0 Å². The Kier molecular flexibility index (Phi) is 3.28. The summed E-state index contributed by atoms with van der Waals surface area (Å²) in [5, 5.41) is 17.1. The number of hydrogen-bond donors (Lipinski definition) is 2. The zero-order valence-electron chi connectivity index (χ0n) is 6.17. The van der Waals surface area contributed by atoms with E-state index in [4.69, 9.17) is 10.2 Å². The molecule has 0 bridgehead atoms. The monoisotopic (exact) mass is 272 g/mol. The zero-order chi connectivity index (χ0) is 9.23. The van der Waals surface area contributed by atoms with Crippen molar-refractivity contribution in [3.05, 3.63) is 0 Å². The molecule has 0 fully saturated rings. The summed E-state index contributed by atoms with van der Waals surface area (Å²) in [7, 11) is 0. The third kappa shape index (κ3) is 2.32. The number of carboxylic acid groups (broad SMARTS) is 2. The summed E-state index contributed by atoms with van der Waals surface area (Å²) in [6.07, 6.45) is 0. The van der Waals surface area contributed by atoms with Crippen LogP contribution < -0.4 is 0 Å². The van der Waals surface area contributed by atoms with E-state index in [1.807, 2.05) is 0 Å². The lowest BCUT2D eigenvalue weighted by Gasteiger charge is -2.21. The standard InChI is InChI=1S/C6H9IO4/c1-6(2,5(10)11)3(7)4(8)9/h3H,1-2H3,(H,8,9)(H,10,11). The maximum atomic E-state index is 10.5. The highest BCUT2D eigenvalue weighted by Gasteiger charge is 2.39. The number of alkyl halides is 1. The molecule has 0 aliphatic carbocycles. The van der Waals surface area contributed by atoms with Crippen LogP contribution in [0.25, 0.3) is 0 Å². The second kappa shape index (κ2) is 3.38. The summed E-state index contributed by atoms with van der Waals surface area (Å²) in [5.41, 5.74) is -1.22. The van der Waals surface area contributed by atoms with E-state index < -0.39 is 21.3 Å². The molecule has 0 aromatic rings. The Morgan fingerprint density at radius 1 is 1.36 bits per heavy atom. The van der Waals surface area contributed by atoms with Crippen LogP contribution in [-0.4, -0.2) is 26.1 Å². The smallest absolute Gasteiger partial charge is 0.317 e. The molecule has 0 spiro atoms. The Morgan fingerprint density at radius 3 is 1.82 bits per heavy atom. The van der Waals surface area contributed by atoms with Crippen LogP contribution in [0.15, 0.2) is 0 Å². The lowest BCUT2D eigenvalue weighted by Crippen LogP contribution is -2.38. The highest BCUT2D eigenvalue weighted by molar-refractivity contribution is 14.1. The average Bonchev–Trinajstić information content (AvgIpc) is 1.85. The van der Waals surface area contributed by atoms with Gasteiger partial charge < -0.3 is 10.2 Å². The van der Waals surface area contributed by atoms with Gasteiger partial charge in [0.1, 0.15) is 3.92 Å². The molecule has 0 saturated heterocycles. The molecule has 11 heavy (non-hydrogen) atoms. The van der Waals surface area contributed by atoms with Gasteiger partial charge in [0, 0.05) is 0 Å². The summed E-state index contributed by atoms with van der Waals surface area (Å²) >= 11 is 1.61. The molecule has 2 N–H and O–H groups in total. The number of carboxylic acids is 2. The fourth-order valence-electron chi connectivity index (χ4n) is 0.417. The first kappa shape index (κ1) is 10.7. The van der Waals surface area contributed by atoms with Crippen molar-refractivity contribution < 1.29 is 19.8 Å². The normalized spacial score (nSPS) is 14.1. The van der Waals surface area contributed by atoms with E-state index in [-0.39, 0.29) is 0 Å². The molecule has 0 rings (SSSR count). The van der Waals surface area contributed by atoms with Crippen molar-refractivity contribution in [2.24, 2.45) is 5.41 Å². The molecule has 0 radical (unpaired) electrons. The van der Waals surface area contributed by atoms with Gasteiger partial charge in [-0.2, -0.15) is 0 Å². The highest BCUT2D eigenvalue weighted by Crippen LogP contribution is 2.27. The molecule has 1 atom stereocenters. The molecule has 0 aliphatic rings. The third-order valence-electron chi connectivity index (χ3n) is 1.40. The first-order chi connectivity index (χ1) is 4.80. The predicted octanol–water partition coefficient (Wildman–Crippen LogP) is 0.985. The van der Waals surface area contributed by atoms with E-state index in [0.717, 1.165) is 0 Å². The van der Waals surface area contributed by atoms with Crippen LogP contribution in [0, 0.1) is 5.41 Å². The molecule has 0 aromatic carbocycles. The van der Waals surface area contributed by atoms with E-state index >= 15 is 0 Å². The number of aliphatic carboxylic acids is 2. The van der Waals surface area contributed by atoms with Gasteiger partial charge in [0.25, 0.3) is 0 Å².